The quantitative estimate of drug-likeness (QED) is 0.471. The molecular formula is C22H23FN6O5S. The van der Waals surface area contributed by atoms with E-state index in [1.807, 2.05) is 22.8 Å². The average Bonchev–Trinajstić information content (AvgIpc) is 3.41. The number of rotatable bonds is 6. The number of carbonyl (C=O) groups is 2. The highest BCUT2D eigenvalue weighted by atomic mass is 32.1. The fourth-order valence-corrected chi connectivity index (χ4v) is 5.09. The van der Waals surface area contributed by atoms with Gasteiger partial charge in [-0.2, -0.15) is 5.26 Å². The van der Waals surface area contributed by atoms with Crippen molar-refractivity contribution < 1.29 is 23.6 Å². The Morgan fingerprint density at radius 3 is 2.74 bits per heavy atom. The summed E-state index contributed by atoms with van der Waals surface area (Å²) in [4.78, 5) is 39.6. The number of anilines is 3. The highest BCUT2D eigenvalue weighted by Gasteiger charge is 2.34. The molecule has 1 aromatic carbocycles. The fourth-order valence-electron chi connectivity index (χ4n) is 4.31. The molecule has 0 aliphatic carbocycles. The van der Waals surface area contributed by atoms with Crippen molar-refractivity contribution in [2.24, 2.45) is 0 Å². The molecule has 11 nitrogen and oxygen atoms in total. The molecule has 2 aliphatic rings. The maximum Gasteiger partial charge on any atom is 0.414 e. The molecule has 0 spiro atoms. The highest BCUT2D eigenvalue weighted by Crippen LogP contribution is 2.39. The third-order valence-electron chi connectivity index (χ3n) is 5.94. The minimum atomic E-state index is -0.608. The summed E-state index contributed by atoms with van der Waals surface area (Å²) in [5, 5.41) is 23.1. The zero-order chi connectivity index (χ0) is 25.3. The standard InChI is InChI=1S/C22H23FN6O5S/c1-13-11-26(5-6-27(13)20-8-17(9-24)35-21(20)29(32)33)19-4-3-15(7-18(19)23)28-12-16(34-22(28)31)10-25-14(2)30/h3-4,7-8,13,16H,5-6,10-12H2,1-2H3,(H,25,30)/t13?,16-/m0/s1. The lowest BCUT2D eigenvalue weighted by atomic mass is 10.1. The number of halogens is 1. The van der Waals surface area contributed by atoms with Gasteiger partial charge >= 0.3 is 11.1 Å². The van der Waals surface area contributed by atoms with Crippen LogP contribution in [0.4, 0.5) is 31.2 Å². The van der Waals surface area contributed by atoms with Crippen LogP contribution in [0.3, 0.4) is 0 Å². The Labute approximate surface area is 204 Å². The molecule has 2 amide bonds. The number of thiophene rings is 1. The van der Waals surface area contributed by atoms with E-state index in [-0.39, 0.29) is 34.9 Å². The maximum absolute atomic E-state index is 15.1. The molecule has 184 valence electrons. The number of hydrogen-bond acceptors (Lipinski definition) is 9. The lowest BCUT2D eigenvalue weighted by molar-refractivity contribution is -0.379. The highest BCUT2D eigenvalue weighted by molar-refractivity contribution is 7.16. The first-order valence-electron chi connectivity index (χ1n) is 10.9. The predicted molar refractivity (Wildman–Crippen MR) is 127 cm³/mol. The number of nitrogens with zero attached hydrogens (tertiary/aromatic N) is 5. The second kappa shape index (κ2) is 9.75. The number of nitro groups is 1. The first kappa shape index (κ1) is 24.2. The molecule has 2 atom stereocenters. The Hall–Kier alpha value is -3.92. The van der Waals surface area contributed by atoms with Crippen molar-refractivity contribution in [2.45, 2.75) is 26.0 Å². The molecule has 35 heavy (non-hydrogen) atoms. The van der Waals surface area contributed by atoms with Crippen LogP contribution in [0, 0.1) is 27.3 Å². The van der Waals surface area contributed by atoms with Gasteiger partial charge in [0, 0.05) is 32.6 Å². The average molecular weight is 503 g/mol. The number of cyclic esters (lactones) is 1. The van der Waals surface area contributed by atoms with E-state index < -0.39 is 22.9 Å². The molecule has 2 aromatic rings. The van der Waals surface area contributed by atoms with Crippen LogP contribution < -0.4 is 20.0 Å². The van der Waals surface area contributed by atoms with E-state index in [1.165, 1.54) is 24.0 Å². The summed E-state index contributed by atoms with van der Waals surface area (Å²) < 4.78 is 20.4. The summed E-state index contributed by atoms with van der Waals surface area (Å²) in [5.41, 5.74) is 1.12. The normalized spacial score (nSPS) is 19.9. The van der Waals surface area contributed by atoms with Crippen molar-refractivity contribution in [2.75, 3.05) is 47.4 Å². The molecular weight excluding hydrogens is 479 g/mol. The first-order valence-corrected chi connectivity index (χ1v) is 11.7. The summed E-state index contributed by atoms with van der Waals surface area (Å²) in [6.07, 6.45) is -1.13. The van der Waals surface area contributed by atoms with Crippen LogP contribution in [-0.4, -0.2) is 61.8 Å². The van der Waals surface area contributed by atoms with E-state index in [1.54, 1.807) is 12.1 Å². The number of hydrogen-bond donors (Lipinski definition) is 1. The SMILES string of the molecule is CC(=O)NC[C@H]1CN(c2ccc(N3CCN(c4cc(C#N)sc4[N+](=O)[O-])C(C)C3)c(F)c2)C(=O)O1. The van der Waals surface area contributed by atoms with Crippen LogP contribution in [0.1, 0.15) is 18.7 Å². The molecule has 1 unspecified atom stereocenters. The molecule has 2 aliphatic heterocycles. The van der Waals surface area contributed by atoms with Gasteiger partial charge in [-0.1, -0.05) is 0 Å². The van der Waals surface area contributed by atoms with Crippen LogP contribution in [0.15, 0.2) is 24.3 Å². The number of carbonyl (C=O) groups excluding carboxylic acids is 2. The van der Waals surface area contributed by atoms with Crippen molar-refractivity contribution in [3.63, 3.8) is 0 Å². The Bertz CT molecular complexity index is 1210. The molecule has 4 rings (SSSR count). The number of ether oxygens (including phenoxy) is 1. The van der Waals surface area contributed by atoms with Gasteiger partial charge in [-0.05, 0) is 42.5 Å². The van der Waals surface area contributed by atoms with Crippen LogP contribution in [-0.2, 0) is 9.53 Å². The van der Waals surface area contributed by atoms with Gasteiger partial charge in [-0.3, -0.25) is 19.8 Å². The van der Waals surface area contributed by atoms with E-state index in [9.17, 15) is 19.7 Å². The third-order valence-corrected chi connectivity index (χ3v) is 6.92. The van der Waals surface area contributed by atoms with Gasteiger partial charge in [0.15, 0.2) is 0 Å². The largest absolute Gasteiger partial charge is 0.442 e. The minimum absolute atomic E-state index is 0.0771. The minimum Gasteiger partial charge on any atom is -0.442 e. The Balaban J connectivity index is 1.46. The topological polar surface area (TPSA) is 132 Å². The summed E-state index contributed by atoms with van der Waals surface area (Å²) in [5.74, 6) is -0.738. The smallest absolute Gasteiger partial charge is 0.414 e. The summed E-state index contributed by atoms with van der Waals surface area (Å²) in [6, 6.07) is 7.82. The summed E-state index contributed by atoms with van der Waals surface area (Å²) in [7, 11) is 0. The molecule has 1 N–H and O–H groups in total. The second-order valence-corrected chi connectivity index (χ2v) is 9.38. The first-order chi connectivity index (χ1) is 16.7. The van der Waals surface area contributed by atoms with Gasteiger partial charge in [0.05, 0.1) is 29.4 Å². The van der Waals surface area contributed by atoms with Gasteiger partial charge in [0.25, 0.3) is 0 Å². The lowest BCUT2D eigenvalue weighted by Gasteiger charge is -2.41. The number of nitrogens with one attached hydrogen (secondary N) is 1. The maximum atomic E-state index is 15.1. The molecule has 3 heterocycles. The zero-order valence-corrected chi connectivity index (χ0v) is 19.9. The van der Waals surface area contributed by atoms with Crippen molar-refractivity contribution in [1.82, 2.24) is 5.32 Å². The number of benzene rings is 1. The van der Waals surface area contributed by atoms with E-state index in [4.69, 9.17) is 10.00 Å². The number of piperazine rings is 1. The fraction of sp³-hybridized carbons (Fsp3) is 0.409. The Morgan fingerprint density at radius 1 is 1.34 bits per heavy atom. The van der Waals surface area contributed by atoms with E-state index in [2.05, 4.69) is 5.32 Å². The van der Waals surface area contributed by atoms with E-state index in [0.29, 0.717) is 36.7 Å². The van der Waals surface area contributed by atoms with Gasteiger partial charge in [0.1, 0.15) is 28.6 Å². The van der Waals surface area contributed by atoms with Crippen molar-refractivity contribution >= 4 is 45.4 Å². The van der Waals surface area contributed by atoms with Crippen LogP contribution >= 0.6 is 11.3 Å². The van der Waals surface area contributed by atoms with Gasteiger partial charge < -0.3 is 19.9 Å². The Kier molecular flexibility index (Phi) is 6.74. The Morgan fingerprint density at radius 2 is 2.11 bits per heavy atom. The van der Waals surface area contributed by atoms with E-state index in [0.717, 1.165) is 11.3 Å². The van der Waals surface area contributed by atoms with Gasteiger partial charge in [-0.25, -0.2) is 9.18 Å². The van der Waals surface area contributed by atoms with Crippen LogP contribution in [0.5, 0.6) is 0 Å². The summed E-state index contributed by atoms with van der Waals surface area (Å²) >= 11 is 0.843. The monoisotopic (exact) mass is 502 g/mol. The van der Waals surface area contributed by atoms with Crippen molar-refractivity contribution in [3.05, 3.63) is 45.1 Å². The van der Waals surface area contributed by atoms with Gasteiger partial charge in [0.2, 0.25) is 5.91 Å². The molecule has 0 radical (unpaired) electrons. The molecule has 0 bridgehead atoms. The molecule has 2 saturated heterocycles. The zero-order valence-electron chi connectivity index (χ0n) is 19.1. The van der Waals surface area contributed by atoms with Crippen molar-refractivity contribution in [1.29, 1.82) is 5.26 Å². The molecule has 13 heteroatoms. The number of amides is 2. The third kappa shape index (κ3) is 4.97. The molecule has 1 aromatic heterocycles. The van der Waals surface area contributed by atoms with Gasteiger partial charge in [-0.15, -0.1) is 0 Å². The second-order valence-electron chi connectivity index (χ2n) is 8.35. The summed E-state index contributed by atoms with van der Waals surface area (Å²) in [6.45, 7) is 4.87. The predicted octanol–water partition coefficient (Wildman–Crippen LogP) is 2.84. The lowest BCUT2D eigenvalue weighted by Crippen LogP contribution is -2.52. The molecule has 0 saturated carbocycles. The van der Waals surface area contributed by atoms with Crippen LogP contribution in [0.2, 0.25) is 0 Å². The van der Waals surface area contributed by atoms with Crippen molar-refractivity contribution in [3.8, 4) is 6.07 Å². The van der Waals surface area contributed by atoms with E-state index >= 15 is 4.39 Å². The number of nitriles is 1. The van der Waals surface area contributed by atoms with Crippen LogP contribution in [0.25, 0.3) is 0 Å². The molecule has 2 fully saturated rings.